The second-order valence-electron chi connectivity index (χ2n) is 2.97. The van der Waals surface area contributed by atoms with Crippen LogP contribution < -0.4 is 4.90 Å². The molecule has 0 aromatic carbocycles. The van der Waals surface area contributed by atoms with Gasteiger partial charge in [-0.05, 0) is 19.8 Å². The van der Waals surface area contributed by atoms with Crippen molar-refractivity contribution in [2.24, 2.45) is 0 Å². The first-order valence-corrected chi connectivity index (χ1v) is 4.58. The minimum atomic E-state index is 0.738. The molecule has 0 spiro atoms. The lowest BCUT2D eigenvalue weighted by molar-refractivity contribution is 0.903. The average molecular weight is 169 g/mol. The minimum absolute atomic E-state index is 0.738. The fourth-order valence-corrected chi connectivity index (χ4v) is 1.75. The highest BCUT2D eigenvalue weighted by Crippen LogP contribution is 2.30. The first kappa shape index (κ1) is 7.03. The molecule has 1 fully saturated rings. The van der Waals surface area contributed by atoms with E-state index in [0.29, 0.717) is 0 Å². The predicted molar refractivity (Wildman–Crippen MR) is 46.1 cm³/mol. The van der Waals surface area contributed by atoms with E-state index in [0.717, 1.165) is 17.0 Å². The quantitative estimate of drug-likeness (QED) is 0.671. The Labute approximate surface area is 70.2 Å². The topological polar surface area (TPSA) is 29.0 Å². The Morgan fingerprint density at radius 2 is 2.27 bits per heavy atom. The SMILES string of the molecule is Cc1nsc(N(C)C2CC2)n1. The Morgan fingerprint density at radius 1 is 1.55 bits per heavy atom. The molecule has 60 valence electrons. The van der Waals surface area contributed by atoms with Crippen molar-refractivity contribution < 1.29 is 0 Å². The Balaban J connectivity index is 2.14. The average Bonchev–Trinajstić information content (AvgIpc) is 2.74. The zero-order chi connectivity index (χ0) is 7.84. The monoisotopic (exact) mass is 169 g/mol. The molecule has 0 N–H and O–H groups in total. The van der Waals surface area contributed by atoms with Gasteiger partial charge in [0.25, 0.3) is 0 Å². The highest BCUT2D eigenvalue weighted by atomic mass is 32.1. The van der Waals surface area contributed by atoms with E-state index in [-0.39, 0.29) is 0 Å². The maximum atomic E-state index is 4.31. The van der Waals surface area contributed by atoms with E-state index >= 15 is 0 Å². The molecule has 1 aromatic heterocycles. The van der Waals surface area contributed by atoms with E-state index in [2.05, 4.69) is 21.3 Å². The lowest BCUT2D eigenvalue weighted by atomic mass is 10.6. The van der Waals surface area contributed by atoms with Crippen LogP contribution >= 0.6 is 11.5 Å². The second kappa shape index (κ2) is 2.44. The Kier molecular flexibility index (Phi) is 1.56. The molecule has 1 aliphatic rings. The van der Waals surface area contributed by atoms with Crippen LogP contribution in [0.1, 0.15) is 18.7 Å². The van der Waals surface area contributed by atoms with Gasteiger partial charge in [0.15, 0.2) is 0 Å². The van der Waals surface area contributed by atoms with Crippen LogP contribution in [-0.2, 0) is 0 Å². The van der Waals surface area contributed by atoms with E-state index < -0.39 is 0 Å². The maximum Gasteiger partial charge on any atom is 0.205 e. The van der Waals surface area contributed by atoms with Crippen LogP contribution in [0.2, 0.25) is 0 Å². The van der Waals surface area contributed by atoms with E-state index in [4.69, 9.17) is 0 Å². The lowest BCUT2D eigenvalue weighted by Gasteiger charge is -2.12. The third-order valence-corrected chi connectivity index (χ3v) is 2.81. The Hall–Kier alpha value is -0.640. The normalized spacial score (nSPS) is 16.9. The van der Waals surface area contributed by atoms with Gasteiger partial charge in [0, 0.05) is 24.6 Å². The number of aryl methyl sites for hydroxylation is 1. The summed E-state index contributed by atoms with van der Waals surface area (Å²) >= 11 is 1.49. The van der Waals surface area contributed by atoms with Crippen LogP contribution in [0.25, 0.3) is 0 Å². The summed E-state index contributed by atoms with van der Waals surface area (Å²) in [5.41, 5.74) is 0. The van der Waals surface area contributed by atoms with Crippen molar-refractivity contribution in [3.63, 3.8) is 0 Å². The zero-order valence-electron chi connectivity index (χ0n) is 6.74. The van der Waals surface area contributed by atoms with Crippen LogP contribution in [0.3, 0.4) is 0 Å². The lowest BCUT2D eigenvalue weighted by Crippen LogP contribution is -2.18. The highest BCUT2D eigenvalue weighted by molar-refractivity contribution is 7.09. The first-order valence-electron chi connectivity index (χ1n) is 3.80. The standard InChI is InChI=1S/C7H11N3S/c1-5-8-7(11-9-5)10(2)6-3-4-6/h6H,3-4H2,1-2H3. The van der Waals surface area contributed by atoms with Crippen LogP contribution in [0.5, 0.6) is 0 Å². The number of anilines is 1. The summed E-state index contributed by atoms with van der Waals surface area (Å²) in [6.45, 7) is 1.93. The van der Waals surface area contributed by atoms with Gasteiger partial charge in [0.05, 0.1) is 0 Å². The molecule has 0 atom stereocenters. The number of hydrogen-bond donors (Lipinski definition) is 0. The van der Waals surface area contributed by atoms with Crippen LogP contribution in [0.15, 0.2) is 0 Å². The molecule has 1 heterocycles. The largest absolute Gasteiger partial charge is 0.347 e. The van der Waals surface area contributed by atoms with Gasteiger partial charge in [-0.1, -0.05) is 0 Å². The van der Waals surface area contributed by atoms with Gasteiger partial charge in [-0.15, -0.1) is 0 Å². The first-order chi connectivity index (χ1) is 5.27. The number of hydrogen-bond acceptors (Lipinski definition) is 4. The third kappa shape index (κ3) is 1.35. The van der Waals surface area contributed by atoms with Crippen molar-refractivity contribution in [2.75, 3.05) is 11.9 Å². The van der Waals surface area contributed by atoms with E-state index in [1.165, 1.54) is 24.4 Å². The van der Waals surface area contributed by atoms with Crippen molar-refractivity contribution in [3.05, 3.63) is 5.82 Å². The highest BCUT2D eigenvalue weighted by Gasteiger charge is 2.27. The van der Waals surface area contributed by atoms with Gasteiger partial charge in [0.2, 0.25) is 5.13 Å². The van der Waals surface area contributed by atoms with Crippen molar-refractivity contribution >= 4 is 16.7 Å². The van der Waals surface area contributed by atoms with Crippen LogP contribution in [-0.4, -0.2) is 22.4 Å². The molecule has 1 aliphatic carbocycles. The second-order valence-corrected chi connectivity index (χ2v) is 3.70. The van der Waals surface area contributed by atoms with Crippen molar-refractivity contribution in [2.45, 2.75) is 25.8 Å². The van der Waals surface area contributed by atoms with Crippen LogP contribution in [0, 0.1) is 6.92 Å². The number of aromatic nitrogens is 2. The summed E-state index contributed by atoms with van der Waals surface area (Å²) < 4.78 is 4.14. The summed E-state index contributed by atoms with van der Waals surface area (Å²) in [4.78, 5) is 6.53. The molecule has 0 saturated heterocycles. The molecule has 1 saturated carbocycles. The molecule has 0 unspecified atom stereocenters. The van der Waals surface area contributed by atoms with Crippen LogP contribution in [0.4, 0.5) is 5.13 Å². The Morgan fingerprint density at radius 3 is 2.73 bits per heavy atom. The molecule has 2 rings (SSSR count). The molecule has 11 heavy (non-hydrogen) atoms. The van der Waals surface area contributed by atoms with Gasteiger partial charge in [-0.3, -0.25) is 0 Å². The van der Waals surface area contributed by atoms with Gasteiger partial charge in [-0.25, -0.2) is 4.98 Å². The van der Waals surface area contributed by atoms with Crippen molar-refractivity contribution in [3.8, 4) is 0 Å². The molecule has 4 heteroatoms. The predicted octanol–water partition coefficient (Wildman–Crippen LogP) is 1.45. The van der Waals surface area contributed by atoms with E-state index in [9.17, 15) is 0 Å². The van der Waals surface area contributed by atoms with Gasteiger partial charge in [0.1, 0.15) is 5.82 Å². The summed E-state index contributed by atoms with van der Waals surface area (Å²) in [6, 6.07) is 0.738. The zero-order valence-corrected chi connectivity index (χ0v) is 7.56. The molecule has 1 aromatic rings. The summed E-state index contributed by atoms with van der Waals surface area (Å²) in [7, 11) is 2.09. The molecule has 0 amide bonds. The van der Waals surface area contributed by atoms with Crippen molar-refractivity contribution in [1.29, 1.82) is 0 Å². The molecule has 3 nitrogen and oxygen atoms in total. The van der Waals surface area contributed by atoms with Gasteiger partial charge < -0.3 is 4.90 Å². The summed E-state index contributed by atoms with van der Waals surface area (Å²) in [5, 5.41) is 1.06. The number of nitrogens with zero attached hydrogens (tertiary/aromatic N) is 3. The molecule has 0 bridgehead atoms. The Bertz CT molecular complexity index is 254. The molecular formula is C7H11N3S. The third-order valence-electron chi connectivity index (χ3n) is 1.91. The maximum absolute atomic E-state index is 4.31. The molecular weight excluding hydrogens is 158 g/mol. The van der Waals surface area contributed by atoms with Gasteiger partial charge >= 0.3 is 0 Å². The van der Waals surface area contributed by atoms with E-state index in [1.807, 2.05) is 6.92 Å². The summed E-state index contributed by atoms with van der Waals surface area (Å²) in [6.07, 6.45) is 2.63. The molecule has 0 aliphatic heterocycles. The smallest absolute Gasteiger partial charge is 0.205 e. The van der Waals surface area contributed by atoms with Crippen molar-refractivity contribution in [1.82, 2.24) is 9.36 Å². The van der Waals surface area contributed by atoms with Gasteiger partial charge in [-0.2, -0.15) is 4.37 Å². The minimum Gasteiger partial charge on any atom is -0.347 e. The number of rotatable bonds is 2. The fraction of sp³-hybridized carbons (Fsp3) is 0.714. The summed E-state index contributed by atoms with van der Waals surface area (Å²) in [5.74, 6) is 0.887. The molecule has 0 radical (unpaired) electrons. The fourth-order valence-electron chi connectivity index (χ4n) is 1.05. The van der Waals surface area contributed by atoms with E-state index in [1.54, 1.807) is 0 Å².